The Bertz CT molecular complexity index is 881. The van der Waals surface area contributed by atoms with Crippen LogP contribution < -0.4 is 10.5 Å². The number of ether oxygens (including phenoxy) is 3. The first kappa shape index (κ1) is 15.4. The molecule has 2 aromatic heterocycles. The fourth-order valence-electron chi connectivity index (χ4n) is 3.29. The molecule has 11 nitrogen and oxygen atoms in total. The first-order valence-electron chi connectivity index (χ1n) is 8.19. The van der Waals surface area contributed by atoms with Gasteiger partial charge in [-0.3, -0.25) is 0 Å². The number of aromatic nitrogens is 7. The Kier molecular flexibility index (Phi) is 3.62. The van der Waals surface area contributed by atoms with Crippen LogP contribution in [0, 0.1) is 0 Å². The zero-order valence-corrected chi connectivity index (χ0v) is 13.6. The molecule has 0 spiro atoms. The first-order chi connectivity index (χ1) is 12.8. The van der Waals surface area contributed by atoms with Crippen molar-refractivity contribution in [3.8, 4) is 17.4 Å². The maximum absolute atomic E-state index is 6.00. The van der Waals surface area contributed by atoms with E-state index in [4.69, 9.17) is 19.9 Å². The summed E-state index contributed by atoms with van der Waals surface area (Å²) in [5.41, 5.74) is 6.87. The van der Waals surface area contributed by atoms with Crippen LogP contribution in [0.4, 0.5) is 0 Å². The van der Waals surface area contributed by atoms with Crippen molar-refractivity contribution >= 4 is 0 Å². The van der Waals surface area contributed by atoms with Gasteiger partial charge in [-0.05, 0) is 34.7 Å². The van der Waals surface area contributed by atoms with Gasteiger partial charge in [-0.15, -0.1) is 0 Å². The van der Waals surface area contributed by atoms with Crippen LogP contribution >= 0.6 is 0 Å². The Morgan fingerprint density at radius 1 is 1.12 bits per heavy atom. The Labute approximate surface area is 147 Å². The highest BCUT2D eigenvalue weighted by atomic mass is 16.6. The molecule has 11 heteroatoms. The molecule has 2 aliphatic rings. The van der Waals surface area contributed by atoms with Crippen LogP contribution in [0.25, 0.3) is 5.69 Å². The molecule has 0 aliphatic carbocycles. The molecule has 4 heterocycles. The minimum Gasteiger partial charge on any atom is -0.423 e. The van der Waals surface area contributed by atoms with Crippen molar-refractivity contribution < 1.29 is 14.2 Å². The van der Waals surface area contributed by atoms with Crippen molar-refractivity contribution in [3.63, 3.8) is 0 Å². The maximum atomic E-state index is 6.00. The number of nitrogens with two attached hydrogens (primary N) is 1. The molecule has 26 heavy (non-hydrogen) atoms. The third-order valence-electron chi connectivity index (χ3n) is 4.57. The van der Waals surface area contributed by atoms with Gasteiger partial charge in [0.25, 0.3) is 0 Å². The summed E-state index contributed by atoms with van der Waals surface area (Å²) in [5, 5.41) is 15.8. The molecular weight excluding hydrogens is 340 g/mol. The summed E-state index contributed by atoms with van der Waals surface area (Å²) in [6, 6.07) is 7.33. The van der Waals surface area contributed by atoms with Crippen LogP contribution in [0.5, 0.6) is 11.8 Å². The zero-order chi connectivity index (χ0) is 17.5. The Balaban J connectivity index is 1.35. The average molecular weight is 356 g/mol. The van der Waals surface area contributed by atoms with Crippen LogP contribution in [0.1, 0.15) is 6.04 Å². The lowest BCUT2D eigenvalue weighted by molar-refractivity contribution is 0.0617. The normalized spacial score (nSPS) is 27.6. The van der Waals surface area contributed by atoms with E-state index >= 15 is 0 Å². The van der Waals surface area contributed by atoms with E-state index in [1.165, 1.54) is 6.33 Å². The van der Waals surface area contributed by atoms with E-state index in [1.54, 1.807) is 15.7 Å². The second-order valence-electron chi connectivity index (χ2n) is 6.17. The molecule has 0 saturated carbocycles. The molecule has 2 fully saturated rings. The summed E-state index contributed by atoms with van der Waals surface area (Å²) in [7, 11) is 0. The average Bonchev–Trinajstić information content (AvgIpc) is 3.42. The fraction of sp³-hybridized carbons (Fsp3) is 0.400. The van der Waals surface area contributed by atoms with E-state index in [0.29, 0.717) is 19.0 Å². The van der Waals surface area contributed by atoms with E-state index in [0.717, 1.165) is 5.69 Å². The van der Waals surface area contributed by atoms with Gasteiger partial charge in [0, 0.05) is 0 Å². The minimum absolute atomic E-state index is 0.129. The molecule has 5 rings (SSSR count). The second kappa shape index (κ2) is 6.12. The van der Waals surface area contributed by atoms with Gasteiger partial charge in [-0.1, -0.05) is 5.10 Å². The molecule has 1 aromatic carbocycles. The number of hydrogen-bond acceptors (Lipinski definition) is 9. The van der Waals surface area contributed by atoms with Gasteiger partial charge in [-0.25, -0.2) is 9.67 Å². The molecule has 134 valence electrons. The van der Waals surface area contributed by atoms with Crippen LogP contribution in [0.2, 0.25) is 0 Å². The van der Waals surface area contributed by atoms with Crippen LogP contribution in [-0.4, -0.2) is 66.4 Å². The van der Waals surface area contributed by atoms with E-state index < -0.39 is 0 Å². The lowest BCUT2D eigenvalue weighted by Gasteiger charge is -2.16. The molecule has 2 saturated heterocycles. The smallest absolute Gasteiger partial charge is 0.341 e. The molecule has 4 atom stereocenters. The Hall–Kier alpha value is -2.89. The van der Waals surface area contributed by atoms with Gasteiger partial charge in [0.05, 0.1) is 24.9 Å². The summed E-state index contributed by atoms with van der Waals surface area (Å²) in [6.45, 7) is 0.892. The lowest BCUT2D eigenvalue weighted by atomic mass is 10.1. The van der Waals surface area contributed by atoms with Crippen LogP contribution in [0.3, 0.4) is 0 Å². The lowest BCUT2D eigenvalue weighted by Crippen LogP contribution is -2.36. The number of hydrogen-bond donors (Lipinski definition) is 1. The van der Waals surface area contributed by atoms with Crippen molar-refractivity contribution in [3.05, 3.63) is 36.9 Å². The quantitative estimate of drug-likeness (QED) is 0.670. The third kappa shape index (κ3) is 2.53. The fourth-order valence-corrected chi connectivity index (χ4v) is 3.29. The topological polar surface area (TPSA) is 128 Å². The maximum Gasteiger partial charge on any atom is 0.341 e. The molecule has 0 bridgehead atoms. The van der Waals surface area contributed by atoms with Gasteiger partial charge < -0.3 is 19.9 Å². The molecule has 0 amide bonds. The van der Waals surface area contributed by atoms with Crippen molar-refractivity contribution in [2.75, 3.05) is 13.2 Å². The van der Waals surface area contributed by atoms with E-state index in [1.807, 2.05) is 24.3 Å². The molecule has 2 aliphatic heterocycles. The number of nitrogens with zero attached hydrogens (tertiary/aromatic N) is 7. The number of rotatable bonds is 4. The predicted molar refractivity (Wildman–Crippen MR) is 85.7 cm³/mol. The number of benzene rings is 1. The Morgan fingerprint density at radius 2 is 1.96 bits per heavy atom. The van der Waals surface area contributed by atoms with Gasteiger partial charge in [0.15, 0.2) is 0 Å². The first-order valence-corrected chi connectivity index (χ1v) is 8.19. The van der Waals surface area contributed by atoms with E-state index in [2.05, 4.69) is 25.6 Å². The van der Waals surface area contributed by atoms with Crippen LogP contribution in [-0.2, 0) is 9.47 Å². The standard InChI is InChI=1S/C15H16N8O3/c16-11-5-24-14-12(6-25-13(11)14)23-15(19-20-21-23)26-10-3-1-9(2-4-10)22-8-17-7-18-22/h1-4,7-8,11-14H,5-6,16H2. The Morgan fingerprint density at radius 3 is 2.77 bits per heavy atom. The van der Waals surface area contributed by atoms with Gasteiger partial charge in [0.1, 0.15) is 36.7 Å². The molecule has 4 unspecified atom stereocenters. The van der Waals surface area contributed by atoms with E-state index in [9.17, 15) is 0 Å². The molecule has 3 aromatic rings. The third-order valence-corrected chi connectivity index (χ3v) is 4.57. The summed E-state index contributed by atoms with van der Waals surface area (Å²) < 4.78 is 20.6. The summed E-state index contributed by atoms with van der Waals surface area (Å²) in [5.74, 6) is 0.601. The van der Waals surface area contributed by atoms with Crippen molar-refractivity contribution in [2.24, 2.45) is 5.73 Å². The highest BCUT2D eigenvalue weighted by molar-refractivity contribution is 5.37. The minimum atomic E-state index is -0.175. The number of tetrazole rings is 1. The van der Waals surface area contributed by atoms with Crippen molar-refractivity contribution in [1.29, 1.82) is 0 Å². The summed E-state index contributed by atoms with van der Waals surface area (Å²) in [6.07, 6.45) is 2.79. The highest BCUT2D eigenvalue weighted by Gasteiger charge is 2.48. The molecular formula is C15H16N8O3. The molecule has 0 radical (unpaired) electrons. The van der Waals surface area contributed by atoms with Gasteiger partial charge >= 0.3 is 6.01 Å². The largest absolute Gasteiger partial charge is 0.423 e. The van der Waals surface area contributed by atoms with Crippen molar-refractivity contribution in [1.82, 2.24) is 35.0 Å². The number of fused-ring (bicyclic) bond motifs is 1. The van der Waals surface area contributed by atoms with Crippen LogP contribution in [0.15, 0.2) is 36.9 Å². The summed E-state index contributed by atoms with van der Waals surface area (Å²) >= 11 is 0. The van der Waals surface area contributed by atoms with Gasteiger partial charge in [0.2, 0.25) is 0 Å². The monoisotopic (exact) mass is 356 g/mol. The second-order valence-corrected chi connectivity index (χ2v) is 6.17. The SMILES string of the molecule is NC1COC2C1OCC2n1nnnc1Oc1ccc(-n2cncn2)cc1. The highest BCUT2D eigenvalue weighted by Crippen LogP contribution is 2.35. The summed E-state index contributed by atoms with van der Waals surface area (Å²) in [4.78, 5) is 3.93. The van der Waals surface area contributed by atoms with E-state index in [-0.39, 0.29) is 30.3 Å². The van der Waals surface area contributed by atoms with Gasteiger partial charge in [-0.2, -0.15) is 9.78 Å². The zero-order valence-electron chi connectivity index (χ0n) is 13.6. The molecule has 2 N–H and O–H groups in total. The predicted octanol–water partition coefficient (Wildman–Crippen LogP) is -0.288. The van der Waals surface area contributed by atoms with Crippen molar-refractivity contribution in [2.45, 2.75) is 24.3 Å².